The van der Waals surface area contributed by atoms with Crippen LogP contribution in [0.15, 0.2) is 28.7 Å². The van der Waals surface area contributed by atoms with Crippen molar-refractivity contribution in [2.45, 2.75) is 13.0 Å². The summed E-state index contributed by atoms with van der Waals surface area (Å²) in [7, 11) is 1.47. The first-order chi connectivity index (χ1) is 10.1. The Morgan fingerprint density at radius 3 is 2.57 bits per heavy atom. The van der Waals surface area contributed by atoms with Gasteiger partial charge in [0.15, 0.2) is 0 Å². The summed E-state index contributed by atoms with van der Waals surface area (Å²) in [6, 6.07) is 5.03. The van der Waals surface area contributed by atoms with E-state index < -0.39 is 17.7 Å². The zero-order chi connectivity index (χ0) is 15.4. The number of methoxy groups -OCH3 is 1. The van der Waals surface area contributed by atoms with Crippen LogP contribution in [0.25, 0.3) is 0 Å². The molecule has 0 aliphatic rings. The van der Waals surface area contributed by atoms with Gasteiger partial charge in [-0.15, -0.1) is 10.2 Å². The van der Waals surface area contributed by atoms with E-state index in [-0.39, 0.29) is 10.0 Å². The van der Waals surface area contributed by atoms with Gasteiger partial charge >= 0.3 is 0 Å². The standard InChI is InChI=1S/C14H14BrF2N3O/c1-3-18-14(10-6-7-11(21-2)20-19-10)12-9(16)5-4-8(15)13(12)17/h4-7,14,18H,3H2,1-2H3. The van der Waals surface area contributed by atoms with Gasteiger partial charge in [0.25, 0.3) is 0 Å². The van der Waals surface area contributed by atoms with Gasteiger partial charge < -0.3 is 10.1 Å². The Bertz CT molecular complexity index is 622. The number of benzene rings is 1. The first-order valence-electron chi connectivity index (χ1n) is 6.32. The minimum absolute atomic E-state index is 0.0920. The third-order valence-electron chi connectivity index (χ3n) is 2.94. The minimum Gasteiger partial charge on any atom is -0.480 e. The van der Waals surface area contributed by atoms with Crippen LogP contribution in [0.3, 0.4) is 0 Å². The normalized spacial score (nSPS) is 12.2. The highest BCUT2D eigenvalue weighted by Crippen LogP contribution is 2.30. The Labute approximate surface area is 129 Å². The second-order valence-corrected chi connectivity index (χ2v) is 5.10. The Morgan fingerprint density at radius 1 is 1.24 bits per heavy atom. The lowest BCUT2D eigenvalue weighted by molar-refractivity contribution is 0.389. The highest BCUT2D eigenvalue weighted by atomic mass is 79.9. The molecule has 21 heavy (non-hydrogen) atoms. The van der Waals surface area contributed by atoms with Crippen LogP contribution >= 0.6 is 15.9 Å². The Morgan fingerprint density at radius 2 is 2.00 bits per heavy atom. The van der Waals surface area contributed by atoms with E-state index in [1.54, 1.807) is 12.1 Å². The molecule has 0 amide bonds. The fraction of sp³-hybridized carbons (Fsp3) is 0.286. The largest absolute Gasteiger partial charge is 0.480 e. The summed E-state index contributed by atoms with van der Waals surface area (Å²) >= 11 is 3.07. The molecule has 112 valence electrons. The summed E-state index contributed by atoms with van der Waals surface area (Å²) in [5.74, 6) is -0.956. The van der Waals surface area contributed by atoms with Crippen molar-refractivity contribution in [3.63, 3.8) is 0 Å². The molecule has 2 rings (SSSR count). The molecule has 0 saturated carbocycles. The molecule has 0 bridgehead atoms. The van der Waals surface area contributed by atoms with Crippen LogP contribution in [0.2, 0.25) is 0 Å². The molecule has 1 N–H and O–H groups in total. The quantitative estimate of drug-likeness (QED) is 0.834. The van der Waals surface area contributed by atoms with Crippen molar-refractivity contribution < 1.29 is 13.5 Å². The average Bonchev–Trinajstić information content (AvgIpc) is 2.50. The van der Waals surface area contributed by atoms with Gasteiger partial charge in [-0.2, -0.15) is 0 Å². The smallest absolute Gasteiger partial charge is 0.233 e. The molecule has 0 aliphatic carbocycles. The monoisotopic (exact) mass is 357 g/mol. The molecular weight excluding hydrogens is 344 g/mol. The first-order valence-corrected chi connectivity index (χ1v) is 7.12. The summed E-state index contributed by atoms with van der Waals surface area (Å²) < 4.78 is 33.5. The van der Waals surface area contributed by atoms with Crippen LogP contribution in [0, 0.1) is 11.6 Å². The van der Waals surface area contributed by atoms with Crippen LogP contribution in [0.5, 0.6) is 5.88 Å². The van der Waals surface area contributed by atoms with Crippen molar-refractivity contribution in [1.29, 1.82) is 0 Å². The maximum Gasteiger partial charge on any atom is 0.233 e. The van der Waals surface area contributed by atoms with Gasteiger partial charge in [-0.25, -0.2) is 8.78 Å². The summed E-state index contributed by atoms with van der Waals surface area (Å²) in [5, 5.41) is 10.8. The summed E-state index contributed by atoms with van der Waals surface area (Å²) in [6.07, 6.45) is 0. The average molecular weight is 358 g/mol. The van der Waals surface area contributed by atoms with Crippen LogP contribution in [0.1, 0.15) is 24.2 Å². The number of nitrogens with one attached hydrogen (secondary N) is 1. The zero-order valence-electron chi connectivity index (χ0n) is 11.5. The highest BCUT2D eigenvalue weighted by molar-refractivity contribution is 9.10. The number of halogens is 3. The number of hydrogen-bond acceptors (Lipinski definition) is 4. The number of aromatic nitrogens is 2. The molecule has 1 aromatic heterocycles. The predicted octanol–water partition coefficient (Wildman–Crippen LogP) is 3.22. The van der Waals surface area contributed by atoms with Gasteiger partial charge in [0.1, 0.15) is 11.6 Å². The maximum atomic E-state index is 14.3. The molecule has 0 spiro atoms. The molecule has 1 heterocycles. The van der Waals surface area contributed by atoms with Gasteiger partial charge in [-0.05, 0) is 40.7 Å². The number of nitrogens with zero attached hydrogens (tertiary/aromatic N) is 2. The van der Waals surface area contributed by atoms with Crippen LogP contribution in [0.4, 0.5) is 8.78 Å². The van der Waals surface area contributed by atoms with Crippen molar-refractivity contribution in [2.24, 2.45) is 0 Å². The number of rotatable bonds is 5. The van der Waals surface area contributed by atoms with Gasteiger partial charge in [0, 0.05) is 11.6 Å². The minimum atomic E-state index is -0.731. The van der Waals surface area contributed by atoms with E-state index >= 15 is 0 Å². The topological polar surface area (TPSA) is 47.0 Å². The summed E-state index contributed by atoms with van der Waals surface area (Å²) in [5.41, 5.74) is 0.319. The lowest BCUT2D eigenvalue weighted by Gasteiger charge is -2.19. The Balaban J connectivity index is 2.50. The molecule has 1 atom stereocenters. The number of hydrogen-bond donors (Lipinski definition) is 1. The van der Waals surface area contributed by atoms with Crippen molar-refractivity contribution in [2.75, 3.05) is 13.7 Å². The predicted molar refractivity (Wildman–Crippen MR) is 78.2 cm³/mol. The lowest BCUT2D eigenvalue weighted by Crippen LogP contribution is -2.25. The summed E-state index contributed by atoms with van der Waals surface area (Å²) in [6.45, 7) is 2.36. The van der Waals surface area contributed by atoms with E-state index in [4.69, 9.17) is 4.74 Å². The lowest BCUT2D eigenvalue weighted by atomic mass is 10.0. The SMILES string of the molecule is CCNC(c1ccc(OC)nn1)c1c(F)ccc(Br)c1F. The van der Waals surface area contributed by atoms with Crippen LogP contribution in [-0.2, 0) is 0 Å². The molecule has 1 aromatic carbocycles. The molecule has 0 saturated heterocycles. The molecule has 4 nitrogen and oxygen atoms in total. The second kappa shape index (κ2) is 6.91. The summed E-state index contributed by atoms with van der Waals surface area (Å²) in [4.78, 5) is 0. The molecule has 2 aromatic rings. The first kappa shape index (κ1) is 15.8. The van der Waals surface area contributed by atoms with Crippen LogP contribution < -0.4 is 10.1 Å². The third-order valence-corrected chi connectivity index (χ3v) is 3.55. The zero-order valence-corrected chi connectivity index (χ0v) is 13.1. The van der Waals surface area contributed by atoms with Gasteiger partial charge in [-0.1, -0.05) is 6.92 Å². The molecule has 7 heteroatoms. The van der Waals surface area contributed by atoms with Gasteiger partial charge in [-0.3, -0.25) is 0 Å². The molecule has 0 fully saturated rings. The van der Waals surface area contributed by atoms with E-state index in [2.05, 4.69) is 31.4 Å². The highest BCUT2D eigenvalue weighted by Gasteiger charge is 2.24. The van der Waals surface area contributed by atoms with E-state index in [1.807, 2.05) is 6.92 Å². The van der Waals surface area contributed by atoms with Crippen molar-refractivity contribution in [3.05, 3.63) is 51.6 Å². The molecular formula is C14H14BrF2N3O. The fourth-order valence-corrected chi connectivity index (χ4v) is 2.30. The van der Waals surface area contributed by atoms with Crippen molar-refractivity contribution in [1.82, 2.24) is 15.5 Å². The molecule has 1 unspecified atom stereocenters. The van der Waals surface area contributed by atoms with E-state index in [9.17, 15) is 8.78 Å². The second-order valence-electron chi connectivity index (χ2n) is 4.25. The third kappa shape index (κ3) is 3.36. The van der Waals surface area contributed by atoms with Crippen LogP contribution in [-0.4, -0.2) is 23.9 Å². The van der Waals surface area contributed by atoms with E-state index in [0.29, 0.717) is 18.1 Å². The van der Waals surface area contributed by atoms with Crippen molar-refractivity contribution >= 4 is 15.9 Å². The van der Waals surface area contributed by atoms with Gasteiger partial charge in [0.05, 0.1) is 23.3 Å². The van der Waals surface area contributed by atoms with E-state index in [0.717, 1.165) is 0 Å². The fourth-order valence-electron chi connectivity index (χ4n) is 1.96. The van der Waals surface area contributed by atoms with Gasteiger partial charge in [0.2, 0.25) is 5.88 Å². The maximum absolute atomic E-state index is 14.3. The number of ether oxygens (including phenoxy) is 1. The van der Waals surface area contributed by atoms with E-state index in [1.165, 1.54) is 19.2 Å². The molecule has 0 aliphatic heterocycles. The molecule has 0 radical (unpaired) electrons. The Kier molecular flexibility index (Phi) is 5.19. The Hall–Kier alpha value is -1.60. The van der Waals surface area contributed by atoms with Crippen molar-refractivity contribution in [3.8, 4) is 5.88 Å².